The molecule has 106 valence electrons. The number of hydrogen-bond acceptors (Lipinski definition) is 6. The van der Waals surface area contributed by atoms with Crippen molar-refractivity contribution in [2.75, 3.05) is 17.7 Å². The van der Waals surface area contributed by atoms with Gasteiger partial charge in [0.25, 0.3) is 0 Å². The Labute approximate surface area is 114 Å². The van der Waals surface area contributed by atoms with Crippen LogP contribution in [0.15, 0.2) is 0 Å². The zero-order valence-corrected chi connectivity index (χ0v) is 11.9. The van der Waals surface area contributed by atoms with Crippen LogP contribution in [0.2, 0.25) is 0 Å². The van der Waals surface area contributed by atoms with Crippen LogP contribution in [0.25, 0.3) is 0 Å². The van der Waals surface area contributed by atoms with Gasteiger partial charge in [-0.2, -0.15) is 15.0 Å². The van der Waals surface area contributed by atoms with E-state index < -0.39 is 0 Å². The Balaban J connectivity index is 2.09. The van der Waals surface area contributed by atoms with Gasteiger partial charge in [0.15, 0.2) is 0 Å². The third kappa shape index (κ3) is 3.45. The van der Waals surface area contributed by atoms with E-state index in [0.717, 1.165) is 12.8 Å². The first-order chi connectivity index (χ1) is 9.01. The summed E-state index contributed by atoms with van der Waals surface area (Å²) in [6.07, 6.45) is 4.47. The Morgan fingerprint density at radius 2 is 2.16 bits per heavy atom. The van der Waals surface area contributed by atoms with Gasteiger partial charge in [-0.1, -0.05) is 27.2 Å². The molecule has 19 heavy (non-hydrogen) atoms. The molecule has 1 aliphatic carbocycles. The molecule has 0 radical (unpaired) electrons. The summed E-state index contributed by atoms with van der Waals surface area (Å²) in [6.45, 7) is 7.13. The molecule has 6 heteroatoms. The van der Waals surface area contributed by atoms with Crippen molar-refractivity contribution < 1.29 is 4.74 Å². The van der Waals surface area contributed by atoms with Gasteiger partial charge in [-0.25, -0.2) is 0 Å². The third-order valence-electron chi connectivity index (χ3n) is 3.63. The molecule has 0 aromatic carbocycles. The SMILES string of the molecule is CCCOc1nc(N)nc(NC2CCCC2(C)C)n1. The molecule has 1 aliphatic rings. The number of nitrogens with two attached hydrogens (primary N) is 1. The fourth-order valence-electron chi connectivity index (χ4n) is 2.44. The summed E-state index contributed by atoms with van der Waals surface area (Å²) in [5.41, 5.74) is 5.95. The molecule has 1 saturated carbocycles. The summed E-state index contributed by atoms with van der Waals surface area (Å²) in [4.78, 5) is 12.4. The maximum Gasteiger partial charge on any atom is 0.323 e. The molecule has 1 fully saturated rings. The van der Waals surface area contributed by atoms with Gasteiger partial charge in [-0.15, -0.1) is 0 Å². The van der Waals surface area contributed by atoms with Crippen LogP contribution in [0.4, 0.5) is 11.9 Å². The smallest absolute Gasteiger partial charge is 0.323 e. The zero-order chi connectivity index (χ0) is 13.9. The van der Waals surface area contributed by atoms with E-state index in [1.165, 1.54) is 12.8 Å². The van der Waals surface area contributed by atoms with E-state index in [0.29, 0.717) is 24.6 Å². The van der Waals surface area contributed by atoms with Crippen molar-refractivity contribution >= 4 is 11.9 Å². The maximum absolute atomic E-state index is 5.69. The second-order valence-electron chi connectivity index (χ2n) is 5.73. The van der Waals surface area contributed by atoms with Crippen LogP contribution >= 0.6 is 0 Å². The molecule has 0 spiro atoms. The lowest BCUT2D eigenvalue weighted by Gasteiger charge is -2.27. The molecule has 6 nitrogen and oxygen atoms in total. The number of hydrogen-bond donors (Lipinski definition) is 2. The van der Waals surface area contributed by atoms with Crippen molar-refractivity contribution in [3.63, 3.8) is 0 Å². The lowest BCUT2D eigenvalue weighted by Crippen LogP contribution is -2.31. The van der Waals surface area contributed by atoms with Crippen LogP contribution in [0.5, 0.6) is 6.01 Å². The Hall–Kier alpha value is -1.59. The molecule has 1 aromatic heterocycles. The molecule has 1 atom stereocenters. The molecule has 1 unspecified atom stereocenters. The zero-order valence-electron chi connectivity index (χ0n) is 11.9. The Bertz CT molecular complexity index is 435. The Kier molecular flexibility index (Phi) is 4.07. The van der Waals surface area contributed by atoms with Crippen LogP contribution in [0.1, 0.15) is 46.5 Å². The summed E-state index contributed by atoms with van der Waals surface area (Å²) in [7, 11) is 0. The van der Waals surface area contributed by atoms with Crippen LogP contribution in [-0.4, -0.2) is 27.6 Å². The van der Waals surface area contributed by atoms with Crippen LogP contribution in [-0.2, 0) is 0 Å². The van der Waals surface area contributed by atoms with Crippen LogP contribution in [0.3, 0.4) is 0 Å². The van der Waals surface area contributed by atoms with Crippen molar-refractivity contribution in [2.45, 2.75) is 52.5 Å². The van der Waals surface area contributed by atoms with E-state index in [2.05, 4.69) is 34.1 Å². The van der Waals surface area contributed by atoms with Gasteiger partial charge in [0.05, 0.1) is 6.61 Å². The Morgan fingerprint density at radius 1 is 1.37 bits per heavy atom. The van der Waals surface area contributed by atoms with E-state index in [-0.39, 0.29) is 11.4 Å². The minimum Gasteiger partial charge on any atom is -0.463 e. The Morgan fingerprint density at radius 3 is 2.79 bits per heavy atom. The second kappa shape index (κ2) is 5.59. The highest BCUT2D eigenvalue weighted by Crippen LogP contribution is 2.38. The quantitative estimate of drug-likeness (QED) is 0.849. The molecule has 3 N–H and O–H groups in total. The van der Waals surface area contributed by atoms with Crippen molar-refractivity contribution in [2.24, 2.45) is 5.41 Å². The molecule has 0 amide bonds. The number of nitrogens with zero attached hydrogens (tertiary/aromatic N) is 3. The first-order valence-corrected chi connectivity index (χ1v) is 6.92. The third-order valence-corrected chi connectivity index (χ3v) is 3.63. The molecule has 0 bridgehead atoms. The summed E-state index contributed by atoms with van der Waals surface area (Å²) < 4.78 is 5.41. The van der Waals surface area contributed by atoms with Gasteiger partial charge < -0.3 is 15.8 Å². The molecule has 0 aliphatic heterocycles. The summed E-state index contributed by atoms with van der Waals surface area (Å²) in [5.74, 6) is 0.706. The van der Waals surface area contributed by atoms with E-state index in [4.69, 9.17) is 10.5 Å². The van der Waals surface area contributed by atoms with E-state index in [1.807, 2.05) is 6.92 Å². The fourth-order valence-corrected chi connectivity index (χ4v) is 2.44. The highest BCUT2D eigenvalue weighted by molar-refractivity contribution is 5.34. The number of nitrogens with one attached hydrogen (secondary N) is 1. The normalized spacial score (nSPS) is 21.3. The first-order valence-electron chi connectivity index (χ1n) is 6.92. The standard InChI is InChI=1S/C13H23N5O/c1-4-8-19-12-17-10(14)16-11(18-12)15-9-6-5-7-13(9,2)3/h9H,4-8H2,1-3H3,(H3,14,15,16,17,18). The average molecular weight is 265 g/mol. The van der Waals surface area contributed by atoms with Crippen molar-refractivity contribution in [3.8, 4) is 6.01 Å². The lowest BCUT2D eigenvalue weighted by molar-refractivity contribution is 0.291. The summed E-state index contributed by atoms with van der Waals surface area (Å²) in [5, 5.41) is 3.37. The van der Waals surface area contributed by atoms with Crippen molar-refractivity contribution in [1.82, 2.24) is 15.0 Å². The van der Waals surface area contributed by atoms with E-state index >= 15 is 0 Å². The molecule has 1 aromatic rings. The largest absolute Gasteiger partial charge is 0.463 e. The number of rotatable bonds is 5. The number of nitrogen functional groups attached to an aromatic ring is 1. The first kappa shape index (κ1) is 13.8. The predicted molar refractivity (Wildman–Crippen MR) is 75.1 cm³/mol. The number of aromatic nitrogens is 3. The summed E-state index contributed by atoms with van der Waals surface area (Å²) in [6, 6.07) is 0.668. The van der Waals surface area contributed by atoms with Gasteiger partial charge in [0.1, 0.15) is 0 Å². The highest BCUT2D eigenvalue weighted by atomic mass is 16.5. The molecular formula is C13H23N5O. The van der Waals surface area contributed by atoms with Gasteiger partial charge in [-0.05, 0) is 24.7 Å². The monoisotopic (exact) mass is 265 g/mol. The maximum atomic E-state index is 5.69. The average Bonchev–Trinajstić information content (AvgIpc) is 2.65. The molecule has 2 rings (SSSR count). The van der Waals surface area contributed by atoms with Crippen molar-refractivity contribution in [3.05, 3.63) is 0 Å². The summed E-state index contributed by atoms with van der Waals surface area (Å²) >= 11 is 0. The van der Waals surface area contributed by atoms with Crippen LogP contribution in [0, 0.1) is 5.41 Å². The highest BCUT2D eigenvalue weighted by Gasteiger charge is 2.34. The molecule has 1 heterocycles. The minimum absolute atomic E-state index is 0.194. The van der Waals surface area contributed by atoms with Gasteiger partial charge >= 0.3 is 6.01 Å². The molecular weight excluding hydrogens is 242 g/mol. The lowest BCUT2D eigenvalue weighted by atomic mass is 9.87. The van der Waals surface area contributed by atoms with E-state index in [1.54, 1.807) is 0 Å². The fraction of sp³-hybridized carbons (Fsp3) is 0.769. The minimum atomic E-state index is 0.194. The van der Waals surface area contributed by atoms with Gasteiger partial charge in [-0.3, -0.25) is 0 Å². The molecule has 0 saturated heterocycles. The number of anilines is 2. The predicted octanol–water partition coefficient (Wildman–Crippen LogP) is 2.23. The van der Waals surface area contributed by atoms with Crippen molar-refractivity contribution in [1.29, 1.82) is 0 Å². The van der Waals surface area contributed by atoms with Gasteiger partial charge in [0, 0.05) is 6.04 Å². The second-order valence-corrected chi connectivity index (χ2v) is 5.73. The van der Waals surface area contributed by atoms with E-state index in [9.17, 15) is 0 Å². The topological polar surface area (TPSA) is 86.0 Å². The van der Waals surface area contributed by atoms with Gasteiger partial charge in [0.2, 0.25) is 11.9 Å². The number of ether oxygens (including phenoxy) is 1. The van der Waals surface area contributed by atoms with Crippen LogP contribution < -0.4 is 15.8 Å².